The van der Waals surface area contributed by atoms with Gasteiger partial charge >= 0.3 is 6.09 Å². The number of rotatable bonds is 1. The first kappa shape index (κ1) is 10.2. The Morgan fingerprint density at radius 2 is 2.25 bits per heavy atom. The maximum absolute atomic E-state index is 11.7. The van der Waals surface area contributed by atoms with Gasteiger partial charge in [-0.15, -0.1) is 0 Å². The standard InChI is InChI=1S/C10H8N2O4/c1-16-7-4-2-3-6-8(7)11-5-12(9(6)13)10(14)15/h2-5H,1H3,(H,14,15). The SMILES string of the molecule is COc1cccc2c(=O)n(C(=O)O)cnc12. The van der Waals surface area contributed by atoms with Crippen LogP contribution >= 0.6 is 0 Å². The maximum atomic E-state index is 11.7. The summed E-state index contributed by atoms with van der Waals surface area (Å²) in [7, 11) is 1.46. The number of hydrogen-bond donors (Lipinski definition) is 1. The molecule has 1 N–H and O–H groups in total. The summed E-state index contributed by atoms with van der Waals surface area (Å²) < 4.78 is 5.55. The lowest BCUT2D eigenvalue weighted by Crippen LogP contribution is -2.26. The quantitative estimate of drug-likeness (QED) is 0.773. The van der Waals surface area contributed by atoms with Gasteiger partial charge in [-0.05, 0) is 12.1 Å². The molecule has 0 spiro atoms. The molecule has 0 aliphatic rings. The molecule has 6 heteroatoms. The maximum Gasteiger partial charge on any atom is 0.419 e. The minimum atomic E-state index is -1.36. The molecule has 0 fully saturated rings. The van der Waals surface area contributed by atoms with Crippen LogP contribution in [-0.4, -0.2) is 27.9 Å². The fourth-order valence-corrected chi connectivity index (χ4v) is 1.43. The fourth-order valence-electron chi connectivity index (χ4n) is 1.43. The zero-order valence-corrected chi connectivity index (χ0v) is 8.38. The highest BCUT2D eigenvalue weighted by molar-refractivity contribution is 5.85. The number of carboxylic acid groups (broad SMARTS) is 1. The predicted molar refractivity (Wildman–Crippen MR) is 56.0 cm³/mol. The molecule has 0 bridgehead atoms. The second kappa shape index (κ2) is 3.65. The van der Waals surface area contributed by atoms with E-state index < -0.39 is 11.7 Å². The van der Waals surface area contributed by atoms with Crippen molar-refractivity contribution < 1.29 is 14.6 Å². The van der Waals surface area contributed by atoms with Crippen molar-refractivity contribution in [2.24, 2.45) is 0 Å². The molecule has 2 aromatic rings. The van der Waals surface area contributed by atoms with E-state index in [2.05, 4.69) is 4.98 Å². The van der Waals surface area contributed by atoms with E-state index >= 15 is 0 Å². The third-order valence-corrected chi connectivity index (χ3v) is 2.18. The number of carbonyl (C=O) groups is 1. The Morgan fingerprint density at radius 1 is 1.50 bits per heavy atom. The van der Waals surface area contributed by atoms with Crippen LogP contribution in [-0.2, 0) is 0 Å². The van der Waals surface area contributed by atoms with E-state index in [9.17, 15) is 9.59 Å². The Kier molecular flexibility index (Phi) is 2.32. The van der Waals surface area contributed by atoms with Crippen molar-refractivity contribution in [2.75, 3.05) is 7.11 Å². The number of para-hydroxylation sites is 1. The molecule has 1 aromatic carbocycles. The van der Waals surface area contributed by atoms with Crippen molar-refractivity contribution in [3.63, 3.8) is 0 Å². The van der Waals surface area contributed by atoms with E-state index in [1.807, 2.05) is 0 Å². The summed E-state index contributed by atoms with van der Waals surface area (Å²) in [6.45, 7) is 0. The zero-order chi connectivity index (χ0) is 11.7. The monoisotopic (exact) mass is 220 g/mol. The normalized spacial score (nSPS) is 10.3. The van der Waals surface area contributed by atoms with Gasteiger partial charge < -0.3 is 9.84 Å². The highest BCUT2D eigenvalue weighted by atomic mass is 16.5. The molecule has 0 aliphatic carbocycles. The van der Waals surface area contributed by atoms with Crippen molar-refractivity contribution in [3.8, 4) is 5.75 Å². The van der Waals surface area contributed by atoms with Crippen LogP contribution in [0.1, 0.15) is 0 Å². The van der Waals surface area contributed by atoms with E-state index in [4.69, 9.17) is 9.84 Å². The highest BCUT2D eigenvalue weighted by Crippen LogP contribution is 2.19. The summed E-state index contributed by atoms with van der Waals surface area (Å²) in [4.78, 5) is 26.3. The minimum Gasteiger partial charge on any atom is -0.494 e. The molecule has 0 radical (unpaired) electrons. The lowest BCUT2D eigenvalue weighted by molar-refractivity contribution is 0.195. The molecule has 0 saturated heterocycles. The molecule has 0 saturated carbocycles. The molecule has 0 atom stereocenters. The van der Waals surface area contributed by atoms with Crippen molar-refractivity contribution in [2.45, 2.75) is 0 Å². The first-order valence-corrected chi connectivity index (χ1v) is 4.43. The van der Waals surface area contributed by atoms with Gasteiger partial charge in [-0.3, -0.25) is 4.79 Å². The van der Waals surface area contributed by atoms with Gasteiger partial charge in [0.2, 0.25) is 0 Å². The largest absolute Gasteiger partial charge is 0.494 e. The van der Waals surface area contributed by atoms with Crippen molar-refractivity contribution in [1.29, 1.82) is 0 Å². The second-order valence-corrected chi connectivity index (χ2v) is 3.06. The van der Waals surface area contributed by atoms with Gasteiger partial charge in [0.15, 0.2) is 0 Å². The first-order valence-electron chi connectivity index (χ1n) is 4.43. The number of fused-ring (bicyclic) bond motifs is 1. The molecule has 1 heterocycles. The molecule has 82 valence electrons. The molecule has 16 heavy (non-hydrogen) atoms. The molecular weight excluding hydrogens is 212 g/mol. The van der Waals surface area contributed by atoms with Crippen LogP contribution < -0.4 is 10.3 Å². The van der Waals surface area contributed by atoms with Gasteiger partial charge in [0, 0.05) is 0 Å². The second-order valence-electron chi connectivity index (χ2n) is 3.06. The van der Waals surface area contributed by atoms with Crippen molar-refractivity contribution in [1.82, 2.24) is 9.55 Å². The van der Waals surface area contributed by atoms with Gasteiger partial charge in [-0.25, -0.2) is 14.3 Å². The minimum absolute atomic E-state index is 0.212. The van der Waals surface area contributed by atoms with Gasteiger partial charge in [-0.1, -0.05) is 6.07 Å². The summed E-state index contributed by atoms with van der Waals surface area (Å²) >= 11 is 0. The lowest BCUT2D eigenvalue weighted by Gasteiger charge is -2.04. The van der Waals surface area contributed by atoms with Crippen LogP contribution in [0.4, 0.5) is 4.79 Å². The Hall–Kier alpha value is -2.37. The summed E-state index contributed by atoms with van der Waals surface area (Å²) in [5.41, 5.74) is -0.274. The number of hydrogen-bond acceptors (Lipinski definition) is 4. The number of aromatic nitrogens is 2. The van der Waals surface area contributed by atoms with Crippen LogP contribution in [0.5, 0.6) is 5.75 Å². The van der Waals surface area contributed by atoms with Crippen molar-refractivity contribution >= 4 is 17.0 Å². The third kappa shape index (κ3) is 1.40. The molecule has 1 aromatic heterocycles. The number of benzene rings is 1. The number of nitrogens with zero attached hydrogens (tertiary/aromatic N) is 2. The van der Waals surface area contributed by atoms with Gasteiger partial charge in [0.1, 0.15) is 17.6 Å². The first-order chi connectivity index (χ1) is 7.65. The predicted octanol–water partition coefficient (Wildman–Crippen LogP) is 0.931. The van der Waals surface area contributed by atoms with Gasteiger partial charge in [0.25, 0.3) is 5.56 Å². The van der Waals surface area contributed by atoms with Crippen LogP contribution in [0.3, 0.4) is 0 Å². The molecule has 6 nitrogen and oxygen atoms in total. The topological polar surface area (TPSA) is 81.4 Å². The average Bonchev–Trinajstić information content (AvgIpc) is 2.28. The van der Waals surface area contributed by atoms with E-state index in [1.54, 1.807) is 12.1 Å². The van der Waals surface area contributed by atoms with E-state index in [-0.39, 0.29) is 5.39 Å². The van der Waals surface area contributed by atoms with Gasteiger partial charge in [-0.2, -0.15) is 0 Å². The summed E-state index contributed by atoms with van der Waals surface area (Å²) in [5.74, 6) is 0.437. The summed E-state index contributed by atoms with van der Waals surface area (Å²) in [5, 5.41) is 8.96. The van der Waals surface area contributed by atoms with E-state index in [0.717, 1.165) is 6.33 Å². The van der Waals surface area contributed by atoms with Crippen LogP contribution in [0, 0.1) is 0 Å². The molecular formula is C10H8N2O4. The Labute approximate surface area is 89.7 Å². The van der Waals surface area contributed by atoms with Crippen LogP contribution in [0.2, 0.25) is 0 Å². The van der Waals surface area contributed by atoms with E-state index in [0.29, 0.717) is 15.8 Å². The third-order valence-electron chi connectivity index (χ3n) is 2.18. The number of methoxy groups -OCH3 is 1. The summed E-state index contributed by atoms with van der Waals surface area (Å²) in [6, 6.07) is 4.77. The smallest absolute Gasteiger partial charge is 0.419 e. The average molecular weight is 220 g/mol. The lowest BCUT2D eigenvalue weighted by atomic mass is 10.2. The fraction of sp³-hybridized carbons (Fsp3) is 0.100. The van der Waals surface area contributed by atoms with Crippen LogP contribution in [0.15, 0.2) is 29.3 Å². The van der Waals surface area contributed by atoms with Crippen molar-refractivity contribution in [3.05, 3.63) is 34.9 Å². The van der Waals surface area contributed by atoms with Gasteiger partial charge in [0.05, 0.1) is 12.5 Å². The zero-order valence-electron chi connectivity index (χ0n) is 8.38. The molecule has 0 unspecified atom stereocenters. The molecule has 2 rings (SSSR count). The van der Waals surface area contributed by atoms with E-state index in [1.165, 1.54) is 13.2 Å². The Morgan fingerprint density at radius 3 is 2.88 bits per heavy atom. The number of ether oxygens (including phenoxy) is 1. The highest BCUT2D eigenvalue weighted by Gasteiger charge is 2.11. The Balaban J connectivity index is 2.87. The molecule has 0 amide bonds. The Bertz CT molecular complexity index is 618. The van der Waals surface area contributed by atoms with Crippen LogP contribution in [0.25, 0.3) is 10.9 Å². The summed E-state index contributed by atoms with van der Waals surface area (Å²) in [6.07, 6.45) is -0.391. The molecule has 0 aliphatic heterocycles.